The first-order valence-corrected chi connectivity index (χ1v) is 8.33. The van der Waals surface area contributed by atoms with Crippen molar-refractivity contribution in [3.8, 4) is 0 Å². The molecule has 5 nitrogen and oxygen atoms in total. The fourth-order valence-corrected chi connectivity index (χ4v) is 2.92. The Labute approximate surface area is 147 Å². The first kappa shape index (κ1) is 18.1. The molecule has 0 saturated heterocycles. The molecule has 1 atom stereocenters. The number of hydrogen-bond acceptors (Lipinski definition) is 5. The lowest BCUT2D eigenvalue weighted by atomic mass is 9.81. The second kappa shape index (κ2) is 8.02. The van der Waals surface area contributed by atoms with Gasteiger partial charge in [0.25, 0.3) is 0 Å². The summed E-state index contributed by atoms with van der Waals surface area (Å²) in [7, 11) is 0. The number of nitrogens with zero attached hydrogens (tertiary/aromatic N) is 1. The lowest BCUT2D eigenvalue weighted by Crippen LogP contribution is -2.30. The van der Waals surface area contributed by atoms with Gasteiger partial charge in [0.05, 0.1) is 17.9 Å². The minimum absolute atomic E-state index is 0.288. The normalized spacial score (nSPS) is 19.4. The fraction of sp³-hybridized carbons (Fsp3) is 0.333. The summed E-state index contributed by atoms with van der Waals surface area (Å²) in [6.07, 6.45) is 2.88. The van der Waals surface area contributed by atoms with E-state index in [0.29, 0.717) is 34.1 Å². The van der Waals surface area contributed by atoms with Crippen molar-refractivity contribution in [2.75, 3.05) is 6.61 Å². The van der Waals surface area contributed by atoms with Crippen molar-refractivity contribution in [2.24, 2.45) is 16.5 Å². The van der Waals surface area contributed by atoms with E-state index in [2.05, 4.69) is 4.99 Å². The van der Waals surface area contributed by atoms with Crippen LogP contribution in [0.5, 0.6) is 0 Å². The number of nitrogens with two attached hydrogens (primary N) is 2. The molecule has 0 amide bonds. The van der Waals surface area contributed by atoms with Crippen LogP contribution in [0.2, 0.25) is 5.02 Å². The SMILES string of the molecule is CCCC1=C(C(=O)OCC)C(c2ccc(Cl)cc2)/C(=C/N)C(N)=N1. The molecule has 1 heterocycles. The van der Waals surface area contributed by atoms with Crippen molar-refractivity contribution in [3.05, 3.63) is 57.9 Å². The van der Waals surface area contributed by atoms with Crippen molar-refractivity contribution in [3.63, 3.8) is 0 Å². The van der Waals surface area contributed by atoms with E-state index >= 15 is 0 Å². The second-order valence-electron chi connectivity index (χ2n) is 5.43. The van der Waals surface area contributed by atoms with Crippen LogP contribution in [0.4, 0.5) is 0 Å². The first-order chi connectivity index (χ1) is 11.5. The Morgan fingerprint density at radius 1 is 1.33 bits per heavy atom. The Hall–Kier alpha value is -2.27. The minimum atomic E-state index is -0.412. The van der Waals surface area contributed by atoms with Crippen LogP contribution in [0, 0.1) is 0 Å². The average molecular weight is 348 g/mol. The number of carbonyl (C=O) groups excluding carboxylic acids is 1. The molecule has 0 aromatic heterocycles. The van der Waals surface area contributed by atoms with Gasteiger partial charge in [-0.1, -0.05) is 37.1 Å². The summed E-state index contributed by atoms with van der Waals surface area (Å²) in [5.41, 5.74) is 14.5. The number of allylic oxidation sites excluding steroid dienone is 1. The molecule has 0 bridgehead atoms. The van der Waals surface area contributed by atoms with E-state index in [1.165, 1.54) is 6.20 Å². The molecule has 24 heavy (non-hydrogen) atoms. The molecule has 0 saturated carbocycles. The molecule has 0 fully saturated rings. The third kappa shape index (κ3) is 3.62. The van der Waals surface area contributed by atoms with Gasteiger partial charge in [-0.2, -0.15) is 0 Å². The Bertz CT molecular complexity index is 705. The van der Waals surface area contributed by atoms with Gasteiger partial charge in [-0.05, 0) is 31.0 Å². The number of carbonyl (C=O) groups is 1. The third-order valence-corrected chi connectivity index (χ3v) is 4.08. The zero-order valence-corrected chi connectivity index (χ0v) is 14.6. The highest BCUT2D eigenvalue weighted by Gasteiger charge is 2.34. The number of benzene rings is 1. The molecule has 4 N–H and O–H groups in total. The third-order valence-electron chi connectivity index (χ3n) is 3.83. The van der Waals surface area contributed by atoms with Crippen molar-refractivity contribution in [1.82, 2.24) is 0 Å². The standard InChI is InChI=1S/C18H22ClN3O2/c1-3-5-14-16(18(23)24-4-2)15(13(10-20)17(21)22-14)11-6-8-12(19)9-7-11/h6-10,15H,3-5,20H2,1-2H3,(H2,21,22)/b13-10-. The van der Waals surface area contributed by atoms with Crippen molar-refractivity contribution >= 4 is 23.4 Å². The maximum Gasteiger partial charge on any atom is 0.336 e. The van der Waals surface area contributed by atoms with E-state index in [0.717, 1.165) is 12.0 Å². The van der Waals surface area contributed by atoms with E-state index in [4.69, 9.17) is 27.8 Å². The summed E-state index contributed by atoms with van der Waals surface area (Å²) >= 11 is 5.99. The van der Waals surface area contributed by atoms with Gasteiger partial charge in [-0.25, -0.2) is 9.79 Å². The summed E-state index contributed by atoms with van der Waals surface area (Å²) < 4.78 is 5.26. The largest absolute Gasteiger partial charge is 0.463 e. The van der Waals surface area contributed by atoms with E-state index < -0.39 is 11.9 Å². The number of ether oxygens (including phenoxy) is 1. The molecule has 0 aliphatic carbocycles. The molecular weight excluding hydrogens is 326 g/mol. The molecular formula is C18H22ClN3O2. The highest BCUT2D eigenvalue weighted by Crippen LogP contribution is 2.39. The number of hydrogen-bond donors (Lipinski definition) is 2. The lowest BCUT2D eigenvalue weighted by Gasteiger charge is -2.28. The van der Waals surface area contributed by atoms with Crippen LogP contribution in [-0.2, 0) is 9.53 Å². The van der Waals surface area contributed by atoms with Crippen LogP contribution in [0.3, 0.4) is 0 Å². The van der Waals surface area contributed by atoms with Crippen LogP contribution >= 0.6 is 11.6 Å². The van der Waals surface area contributed by atoms with Gasteiger partial charge in [0.15, 0.2) is 0 Å². The Morgan fingerprint density at radius 3 is 2.54 bits per heavy atom. The zero-order chi connectivity index (χ0) is 17.7. The molecule has 128 valence electrons. The molecule has 1 aliphatic heterocycles. The number of esters is 1. The van der Waals surface area contributed by atoms with E-state index in [1.54, 1.807) is 19.1 Å². The fourth-order valence-electron chi connectivity index (χ4n) is 2.80. The van der Waals surface area contributed by atoms with Gasteiger partial charge in [0.1, 0.15) is 5.84 Å². The molecule has 1 unspecified atom stereocenters. The summed E-state index contributed by atoms with van der Waals surface area (Å²) in [6, 6.07) is 7.26. The number of halogens is 1. The van der Waals surface area contributed by atoms with E-state index in [-0.39, 0.29) is 6.61 Å². The van der Waals surface area contributed by atoms with Crippen LogP contribution in [-0.4, -0.2) is 18.4 Å². The van der Waals surface area contributed by atoms with Crippen LogP contribution in [0.1, 0.15) is 38.2 Å². The van der Waals surface area contributed by atoms with Gasteiger partial charge in [0, 0.05) is 22.7 Å². The number of rotatable bonds is 5. The number of aliphatic imine (C=N–C) groups is 1. The maximum atomic E-state index is 12.6. The number of amidine groups is 1. The van der Waals surface area contributed by atoms with E-state index in [9.17, 15) is 4.79 Å². The lowest BCUT2D eigenvalue weighted by molar-refractivity contribution is -0.138. The highest BCUT2D eigenvalue weighted by molar-refractivity contribution is 6.30. The van der Waals surface area contributed by atoms with Crippen molar-refractivity contribution < 1.29 is 9.53 Å². The molecule has 1 aromatic rings. The summed E-state index contributed by atoms with van der Waals surface area (Å²) in [5, 5.41) is 0.616. The van der Waals surface area contributed by atoms with Crippen molar-refractivity contribution in [2.45, 2.75) is 32.6 Å². The van der Waals surface area contributed by atoms with Crippen LogP contribution < -0.4 is 11.5 Å². The molecule has 0 radical (unpaired) electrons. The highest BCUT2D eigenvalue weighted by atomic mass is 35.5. The summed E-state index contributed by atoms with van der Waals surface area (Å²) in [5.74, 6) is -0.476. The first-order valence-electron chi connectivity index (χ1n) is 7.95. The average Bonchev–Trinajstić information content (AvgIpc) is 2.55. The van der Waals surface area contributed by atoms with Gasteiger partial charge in [-0.15, -0.1) is 0 Å². The smallest absolute Gasteiger partial charge is 0.336 e. The monoisotopic (exact) mass is 347 g/mol. The van der Waals surface area contributed by atoms with Gasteiger partial charge < -0.3 is 16.2 Å². The molecule has 1 aromatic carbocycles. The predicted octanol–water partition coefficient (Wildman–Crippen LogP) is 3.25. The topological polar surface area (TPSA) is 90.7 Å². The zero-order valence-electron chi connectivity index (χ0n) is 13.9. The quantitative estimate of drug-likeness (QED) is 0.800. The summed E-state index contributed by atoms with van der Waals surface area (Å²) in [6.45, 7) is 4.08. The van der Waals surface area contributed by atoms with Gasteiger partial charge in [-0.3, -0.25) is 0 Å². The van der Waals surface area contributed by atoms with E-state index in [1.807, 2.05) is 19.1 Å². The van der Waals surface area contributed by atoms with Crippen LogP contribution in [0.25, 0.3) is 0 Å². The molecule has 1 aliphatic rings. The van der Waals surface area contributed by atoms with Crippen LogP contribution in [0.15, 0.2) is 52.3 Å². The second-order valence-corrected chi connectivity index (χ2v) is 5.87. The molecule has 0 spiro atoms. The summed E-state index contributed by atoms with van der Waals surface area (Å²) in [4.78, 5) is 17.0. The van der Waals surface area contributed by atoms with Gasteiger partial charge >= 0.3 is 5.97 Å². The molecule has 6 heteroatoms. The Morgan fingerprint density at radius 2 is 2.00 bits per heavy atom. The van der Waals surface area contributed by atoms with Gasteiger partial charge in [0.2, 0.25) is 0 Å². The van der Waals surface area contributed by atoms with Crippen molar-refractivity contribution in [1.29, 1.82) is 0 Å². The molecule has 2 rings (SSSR count). The minimum Gasteiger partial charge on any atom is -0.463 e. The predicted molar refractivity (Wildman–Crippen MR) is 96.7 cm³/mol. The maximum absolute atomic E-state index is 12.6. The Balaban J connectivity index is 2.65. The Kier molecular flexibility index (Phi) is 6.04.